The molecule has 4 fully saturated rings. The van der Waals surface area contributed by atoms with Gasteiger partial charge < -0.3 is 14.7 Å². The Bertz CT molecular complexity index is 957. The Balaban J connectivity index is 1.20. The highest BCUT2D eigenvalue weighted by atomic mass is 16.5. The number of hydrogen-bond acceptors (Lipinski definition) is 5. The van der Waals surface area contributed by atoms with Crippen LogP contribution in [0.1, 0.15) is 90.9 Å². The van der Waals surface area contributed by atoms with E-state index in [0.717, 1.165) is 44.9 Å². The lowest BCUT2D eigenvalue weighted by Crippen LogP contribution is -2.51. The summed E-state index contributed by atoms with van der Waals surface area (Å²) in [5.74, 6) is 0.431. The molecule has 1 aliphatic heterocycles. The minimum atomic E-state index is -0.974. The van der Waals surface area contributed by atoms with Crippen molar-refractivity contribution in [1.82, 2.24) is 4.90 Å². The van der Waals surface area contributed by atoms with E-state index in [1.807, 2.05) is 6.08 Å². The van der Waals surface area contributed by atoms with E-state index in [2.05, 4.69) is 13.8 Å². The molecule has 1 N–H and O–H groups in total. The number of fused-ring (bicyclic) bond motifs is 5. The van der Waals surface area contributed by atoms with Gasteiger partial charge in [0.1, 0.15) is 12.1 Å². The average Bonchev–Trinajstić information content (AvgIpc) is 3.43. The minimum absolute atomic E-state index is 0.00519. The van der Waals surface area contributed by atoms with E-state index in [9.17, 15) is 24.3 Å². The predicted octanol–water partition coefficient (Wildman–Crippen LogP) is 4.29. The van der Waals surface area contributed by atoms with Crippen LogP contribution in [0, 0.1) is 28.6 Å². The zero-order chi connectivity index (χ0) is 25.0. The number of carbonyl (C=O) groups is 4. The Hall–Kier alpha value is -2.18. The van der Waals surface area contributed by atoms with Crippen LogP contribution in [0.25, 0.3) is 0 Å². The highest BCUT2D eigenvalue weighted by molar-refractivity contribution is 5.91. The molecule has 0 aromatic rings. The van der Waals surface area contributed by atoms with Crippen molar-refractivity contribution < 1.29 is 29.0 Å². The molecule has 7 atom stereocenters. The Morgan fingerprint density at radius 1 is 1.03 bits per heavy atom. The van der Waals surface area contributed by atoms with E-state index in [1.54, 1.807) is 0 Å². The van der Waals surface area contributed by atoms with Crippen molar-refractivity contribution >= 4 is 23.6 Å². The molecule has 5 rings (SSSR count). The lowest BCUT2D eigenvalue weighted by atomic mass is 9.47. The fourth-order valence-electron chi connectivity index (χ4n) is 8.60. The number of ether oxygens (including phenoxy) is 1. The molecule has 0 aromatic carbocycles. The summed E-state index contributed by atoms with van der Waals surface area (Å²) in [6.45, 7) is 5.12. The number of ketones is 1. The van der Waals surface area contributed by atoms with Gasteiger partial charge in [0.05, 0.1) is 6.42 Å². The van der Waals surface area contributed by atoms with Crippen LogP contribution in [-0.4, -0.2) is 52.3 Å². The predicted molar refractivity (Wildman–Crippen MR) is 128 cm³/mol. The maximum atomic E-state index is 12.8. The van der Waals surface area contributed by atoms with Crippen LogP contribution in [0.3, 0.4) is 0 Å². The van der Waals surface area contributed by atoms with Gasteiger partial charge >= 0.3 is 11.9 Å². The maximum absolute atomic E-state index is 12.8. The van der Waals surface area contributed by atoms with Crippen LogP contribution in [0.15, 0.2) is 11.6 Å². The van der Waals surface area contributed by atoms with Gasteiger partial charge in [0, 0.05) is 24.8 Å². The van der Waals surface area contributed by atoms with Crippen LogP contribution in [0.2, 0.25) is 0 Å². The number of allylic oxidation sites excluding steroid dienone is 1. The highest BCUT2D eigenvalue weighted by Crippen LogP contribution is 2.65. The largest absolute Gasteiger partial charge is 0.480 e. The van der Waals surface area contributed by atoms with Gasteiger partial charge in [0.2, 0.25) is 5.91 Å². The van der Waals surface area contributed by atoms with Crippen LogP contribution in [0.4, 0.5) is 0 Å². The summed E-state index contributed by atoms with van der Waals surface area (Å²) in [6.07, 6.45) is 10.8. The lowest BCUT2D eigenvalue weighted by molar-refractivity contribution is -0.161. The quantitative estimate of drug-likeness (QED) is 0.583. The van der Waals surface area contributed by atoms with E-state index in [-0.39, 0.29) is 47.4 Å². The number of carbonyl (C=O) groups excluding carboxylic acids is 3. The number of hydrogen-bond donors (Lipinski definition) is 1. The fourth-order valence-corrected chi connectivity index (χ4v) is 8.60. The van der Waals surface area contributed by atoms with Gasteiger partial charge in [-0.3, -0.25) is 14.4 Å². The summed E-state index contributed by atoms with van der Waals surface area (Å²) in [5, 5.41) is 9.31. The van der Waals surface area contributed by atoms with Crippen LogP contribution >= 0.6 is 0 Å². The van der Waals surface area contributed by atoms with Crippen LogP contribution in [-0.2, 0) is 23.9 Å². The molecule has 35 heavy (non-hydrogen) atoms. The van der Waals surface area contributed by atoms with Gasteiger partial charge in [-0.05, 0) is 87.0 Å². The highest BCUT2D eigenvalue weighted by Gasteiger charge is 2.60. The third-order valence-corrected chi connectivity index (χ3v) is 10.5. The van der Waals surface area contributed by atoms with E-state index in [4.69, 9.17) is 4.74 Å². The summed E-state index contributed by atoms with van der Waals surface area (Å²) in [4.78, 5) is 50.1. The van der Waals surface area contributed by atoms with Crippen LogP contribution in [0.5, 0.6) is 0 Å². The maximum Gasteiger partial charge on any atom is 0.326 e. The van der Waals surface area contributed by atoms with E-state index < -0.39 is 12.0 Å². The lowest BCUT2D eigenvalue weighted by Gasteiger charge is -2.57. The Kier molecular flexibility index (Phi) is 6.33. The first-order valence-electron chi connectivity index (χ1n) is 13.6. The summed E-state index contributed by atoms with van der Waals surface area (Å²) < 4.78 is 6.01. The monoisotopic (exact) mass is 485 g/mol. The molecule has 4 aliphatic carbocycles. The SMILES string of the molecule is C[C@]12CC[C@@H]3[C@H](CCC4=CC(=O)CC[C@@]43C)[C@H]1CC[C@@H]2OC(=O)CCC(=O)N1CCC[C@H]1C(=O)O. The van der Waals surface area contributed by atoms with Gasteiger partial charge in [-0.2, -0.15) is 0 Å². The minimum Gasteiger partial charge on any atom is -0.480 e. The van der Waals surface area contributed by atoms with Crippen molar-refractivity contribution in [2.24, 2.45) is 28.6 Å². The molecule has 1 amide bonds. The second-order valence-corrected chi connectivity index (χ2v) is 12.2. The summed E-state index contributed by atoms with van der Waals surface area (Å²) in [7, 11) is 0. The number of carboxylic acids is 1. The Labute approximate surface area is 207 Å². The van der Waals surface area contributed by atoms with Crippen molar-refractivity contribution in [3.63, 3.8) is 0 Å². The molecular formula is C28H39NO6. The molecule has 1 heterocycles. The standard InChI is InChI=1S/C28H39NO6/c1-27-13-11-18(30)16-17(27)5-6-19-20-7-8-23(28(20,2)14-12-21(19)27)35-25(32)10-9-24(31)29-15-3-4-22(29)26(33)34/h16,19-23H,3-15H2,1-2H3,(H,33,34)/t19-,20-,21-,22+,23+,27+,28+/m1/s1. The van der Waals surface area contributed by atoms with Crippen LogP contribution < -0.4 is 0 Å². The molecule has 0 bridgehead atoms. The zero-order valence-electron chi connectivity index (χ0n) is 21.1. The topological polar surface area (TPSA) is 101 Å². The molecule has 7 nitrogen and oxygen atoms in total. The molecule has 0 radical (unpaired) electrons. The van der Waals surface area contributed by atoms with E-state index >= 15 is 0 Å². The average molecular weight is 486 g/mol. The van der Waals surface area contributed by atoms with Gasteiger partial charge in [-0.15, -0.1) is 0 Å². The second kappa shape index (κ2) is 9.04. The zero-order valence-corrected chi connectivity index (χ0v) is 21.1. The molecule has 0 aromatic heterocycles. The number of esters is 1. The number of likely N-dealkylation sites (tertiary alicyclic amines) is 1. The normalized spacial score (nSPS) is 40.4. The summed E-state index contributed by atoms with van der Waals surface area (Å²) in [6, 6.07) is -0.766. The molecule has 0 unspecified atom stereocenters. The third-order valence-electron chi connectivity index (χ3n) is 10.5. The van der Waals surface area contributed by atoms with Crippen molar-refractivity contribution in [1.29, 1.82) is 0 Å². The molecule has 7 heteroatoms. The number of rotatable bonds is 5. The first-order valence-corrected chi connectivity index (χ1v) is 13.6. The van der Waals surface area contributed by atoms with Gasteiger partial charge in [-0.1, -0.05) is 19.4 Å². The Morgan fingerprint density at radius 2 is 1.83 bits per heavy atom. The van der Waals surface area contributed by atoms with E-state index in [0.29, 0.717) is 43.6 Å². The first kappa shape index (κ1) is 24.5. The molecule has 3 saturated carbocycles. The van der Waals surface area contributed by atoms with Crippen molar-refractivity contribution in [3.05, 3.63) is 11.6 Å². The molecular weight excluding hydrogens is 446 g/mol. The summed E-state index contributed by atoms with van der Waals surface area (Å²) >= 11 is 0. The first-order chi connectivity index (χ1) is 16.6. The van der Waals surface area contributed by atoms with Gasteiger partial charge in [0.25, 0.3) is 0 Å². The number of amides is 1. The Morgan fingerprint density at radius 3 is 2.60 bits per heavy atom. The number of aliphatic carboxylic acids is 1. The molecule has 5 aliphatic rings. The van der Waals surface area contributed by atoms with Gasteiger partial charge in [0.15, 0.2) is 5.78 Å². The molecule has 0 spiro atoms. The van der Waals surface area contributed by atoms with E-state index in [1.165, 1.54) is 10.5 Å². The number of carboxylic acid groups (broad SMARTS) is 1. The van der Waals surface area contributed by atoms with Gasteiger partial charge in [-0.25, -0.2) is 4.79 Å². The number of nitrogens with zero attached hydrogens (tertiary/aromatic N) is 1. The summed E-state index contributed by atoms with van der Waals surface area (Å²) in [5.41, 5.74) is 1.47. The molecule has 192 valence electrons. The van der Waals surface area contributed by atoms with Crippen molar-refractivity contribution in [3.8, 4) is 0 Å². The third kappa shape index (κ3) is 4.13. The fraction of sp³-hybridized carbons (Fsp3) is 0.786. The van der Waals surface area contributed by atoms with Crippen molar-refractivity contribution in [2.45, 2.75) is 103 Å². The smallest absolute Gasteiger partial charge is 0.326 e. The second-order valence-electron chi connectivity index (χ2n) is 12.2. The molecule has 1 saturated heterocycles. The van der Waals surface area contributed by atoms with Crippen molar-refractivity contribution in [2.75, 3.05) is 6.54 Å².